The predicted octanol–water partition coefficient (Wildman–Crippen LogP) is 3.44. The Morgan fingerprint density at radius 3 is 2.83 bits per heavy atom. The van der Waals surface area contributed by atoms with Gasteiger partial charge in [0.1, 0.15) is 13.6 Å². The minimum Gasteiger partial charge on any atom is -0.497 e. The van der Waals surface area contributed by atoms with Gasteiger partial charge in [-0.1, -0.05) is 33.5 Å². The lowest BCUT2D eigenvalue weighted by molar-refractivity contribution is 0.414. The largest absolute Gasteiger partial charge is 0.497 e. The zero-order valence-electron chi connectivity index (χ0n) is 9.91. The van der Waals surface area contributed by atoms with Gasteiger partial charge in [0.25, 0.3) is 0 Å². The van der Waals surface area contributed by atoms with Crippen LogP contribution < -0.4 is 4.74 Å². The Kier molecular flexibility index (Phi) is 3.87. The van der Waals surface area contributed by atoms with Gasteiger partial charge in [0.15, 0.2) is 0 Å². The molecule has 0 aromatic heterocycles. The number of allylic oxidation sites excluding steroid dienone is 5. The number of halogens is 1. The van der Waals surface area contributed by atoms with Gasteiger partial charge in [0.2, 0.25) is 0 Å². The third-order valence-electron chi connectivity index (χ3n) is 2.65. The number of methoxy groups -OCH3 is 1. The molecule has 2 radical (unpaired) electrons. The molecule has 1 aromatic carbocycles. The molecule has 0 atom stereocenters. The Bertz CT molecular complexity index is 587. The van der Waals surface area contributed by atoms with Gasteiger partial charge < -0.3 is 10.1 Å². The SMILES string of the molecule is [B]/C(=C1/C=C(Br)C=CC1=N)c1cccc(OC)c1. The van der Waals surface area contributed by atoms with E-state index >= 15 is 0 Å². The van der Waals surface area contributed by atoms with Crippen LogP contribution in [-0.2, 0) is 0 Å². The molecule has 1 aliphatic rings. The summed E-state index contributed by atoms with van der Waals surface area (Å²) in [6, 6.07) is 7.50. The standard InChI is InChI=1S/C14H11BBrNO/c1-18-11-4-2-3-9(7-11)14(15)12-8-10(16)5-6-13(12)17/h2-8,17H,1H3/b14-12-,17-13?. The van der Waals surface area contributed by atoms with E-state index in [4.69, 9.17) is 18.0 Å². The maximum Gasteiger partial charge on any atom is 0.119 e. The molecule has 4 heteroatoms. The van der Waals surface area contributed by atoms with Crippen LogP contribution in [-0.4, -0.2) is 20.7 Å². The van der Waals surface area contributed by atoms with E-state index in [0.29, 0.717) is 16.8 Å². The Hall–Kier alpha value is -1.55. The molecule has 0 amide bonds. The third kappa shape index (κ3) is 2.64. The molecule has 0 unspecified atom stereocenters. The zero-order chi connectivity index (χ0) is 13.1. The van der Waals surface area contributed by atoms with Crippen LogP contribution in [0.5, 0.6) is 5.75 Å². The van der Waals surface area contributed by atoms with Crippen molar-refractivity contribution < 1.29 is 4.74 Å². The minimum atomic E-state index is 0.401. The van der Waals surface area contributed by atoms with Crippen molar-refractivity contribution in [3.05, 3.63) is 58.1 Å². The summed E-state index contributed by atoms with van der Waals surface area (Å²) in [5, 5.41) is 7.89. The van der Waals surface area contributed by atoms with Crippen LogP contribution in [0.1, 0.15) is 5.56 Å². The van der Waals surface area contributed by atoms with E-state index in [9.17, 15) is 0 Å². The van der Waals surface area contributed by atoms with E-state index in [-0.39, 0.29) is 0 Å². The van der Waals surface area contributed by atoms with Crippen molar-refractivity contribution in [3.8, 4) is 5.75 Å². The van der Waals surface area contributed by atoms with Crippen molar-refractivity contribution in [1.82, 2.24) is 0 Å². The Labute approximate surface area is 116 Å². The van der Waals surface area contributed by atoms with E-state index in [1.54, 1.807) is 13.2 Å². The molecule has 1 N–H and O–H groups in total. The molecule has 1 aromatic rings. The maximum atomic E-state index is 7.89. The van der Waals surface area contributed by atoms with E-state index in [1.165, 1.54) is 0 Å². The van der Waals surface area contributed by atoms with Gasteiger partial charge in [-0.05, 0) is 41.5 Å². The van der Waals surface area contributed by atoms with Crippen LogP contribution in [0.15, 0.2) is 52.5 Å². The second-order valence-corrected chi connectivity index (χ2v) is 4.75. The molecular weight excluding hydrogens is 289 g/mol. The fourth-order valence-electron chi connectivity index (χ4n) is 1.69. The summed E-state index contributed by atoms with van der Waals surface area (Å²) in [5.74, 6) is 0.747. The lowest BCUT2D eigenvalue weighted by Crippen LogP contribution is -2.03. The van der Waals surface area contributed by atoms with Crippen LogP contribution in [0.4, 0.5) is 0 Å². The number of rotatable bonds is 2. The first-order chi connectivity index (χ1) is 8.61. The summed E-state index contributed by atoms with van der Waals surface area (Å²) in [5.41, 5.74) is 2.53. The first-order valence-corrected chi connectivity index (χ1v) is 6.19. The Balaban J connectivity index is 2.49. The van der Waals surface area contributed by atoms with Gasteiger partial charge in [0.05, 0.1) is 12.8 Å². The van der Waals surface area contributed by atoms with Crippen LogP contribution in [0.3, 0.4) is 0 Å². The average Bonchev–Trinajstić information content (AvgIpc) is 2.41. The van der Waals surface area contributed by atoms with Crippen molar-refractivity contribution in [2.24, 2.45) is 0 Å². The van der Waals surface area contributed by atoms with Crippen molar-refractivity contribution in [2.75, 3.05) is 7.11 Å². The highest BCUT2D eigenvalue weighted by Gasteiger charge is 2.10. The van der Waals surface area contributed by atoms with Gasteiger partial charge in [-0.15, -0.1) is 0 Å². The summed E-state index contributed by atoms with van der Waals surface area (Å²) in [4.78, 5) is 0. The van der Waals surface area contributed by atoms with Gasteiger partial charge >= 0.3 is 0 Å². The van der Waals surface area contributed by atoms with Crippen LogP contribution >= 0.6 is 15.9 Å². The van der Waals surface area contributed by atoms with Gasteiger partial charge in [-0.2, -0.15) is 0 Å². The topological polar surface area (TPSA) is 33.1 Å². The molecule has 0 spiro atoms. The highest BCUT2D eigenvalue weighted by atomic mass is 79.9. The first-order valence-electron chi connectivity index (χ1n) is 5.40. The second kappa shape index (κ2) is 5.40. The Morgan fingerprint density at radius 1 is 1.33 bits per heavy atom. The lowest BCUT2D eigenvalue weighted by atomic mass is 9.81. The summed E-state index contributed by atoms with van der Waals surface area (Å²) in [7, 11) is 7.75. The van der Waals surface area contributed by atoms with Crippen molar-refractivity contribution in [3.63, 3.8) is 0 Å². The fraction of sp³-hybridized carbons (Fsp3) is 0.0714. The molecule has 18 heavy (non-hydrogen) atoms. The van der Waals surface area contributed by atoms with Crippen LogP contribution in [0.25, 0.3) is 5.47 Å². The molecule has 0 saturated heterocycles. The summed E-state index contributed by atoms with van der Waals surface area (Å²) in [6.45, 7) is 0. The molecule has 0 aliphatic heterocycles. The summed E-state index contributed by atoms with van der Waals surface area (Å²) in [6.07, 6.45) is 5.38. The average molecular weight is 300 g/mol. The monoisotopic (exact) mass is 299 g/mol. The summed E-state index contributed by atoms with van der Waals surface area (Å²) < 4.78 is 6.07. The molecule has 2 nitrogen and oxygen atoms in total. The fourth-order valence-corrected chi connectivity index (χ4v) is 2.05. The van der Waals surface area contributed by atoms with E-state index in [2.05, 4.69) is 15.9 Å². The molecule has 0 saturated carbocycles. The van der Waals surface area contributed by atoms with Crippen LogP contribution in [0, 0.1) is 5.41 Å². The third-order valence-corrected chi connectivity index (χ3v) is 3.15. The van der Waals surface area contributed by atoms with E-state index in [1.807, 2.05) is 36.4 Å². The number of hydrogen-bond donors (Lipinski definition) is 1. The lowest BCUT2D eigenvalue weighted by Gasteiger charge is -2.13. The van der Waals surface area contributed by atoms with Gasteiger partial charge in [0, 0.05) is 4.48 Å². The molecule has 88 valence electrons. The zero-order valence-corrected chi connectivity index (χ0v) is 11.5. The highest BCUT2D eigenvalue weighted by Crippen LogP contribution is 2.26. The maximum absolute atomic E-state index is 7.89. The van der Waals surface area contributed by atoms with E-state index < -0.39 is 0 Å². The molecular formula is C14H11BBrNO. The van der Waals surface area contributed by atoms with Crippen molar-refractivity contribution in [2.45, 2.75) is 0 Å². The van der Waals surface area contributed by atoms with Crippen LogP contribution in [0.2, 0.25) is 0 Å². The smallest absolute Gasteiger partial charge is 0.119 e. The molecule has 2 rings (SSSR count). The quantitative estimate of drug-likeness (QED) is 0.834. The number of hydrogen-bond acceptors (Lipinski definition) is 2. The number of benzene rings is 1. The molecule has 0 fully saturated rings. The Morgan fingerprint density at radius 2 is 2.11 bits per heavy atom. The predicted molar refractivity (Wildman–Crippen MR) is 79.5 cm³/mol. The molecule has 1 aliphatic carbocycles. The molecule has 0 bridgehead atoms. The van der Waals surface area contributed by atoms with Crippen molar-refractivity contribution >= 4 is 35.0 Å². The van der Waals surface area contributed by atoms with Crippen molar-refractivity contribution in [1.29, 1.82) is 5.41 Å². The van der Waals surface area contributed by atoms with E-state index in [0.717, 1.165) is 15.8 Å². The number of ether oxygens (including phenoxy) is 1. The summed E-state index contributed by atoms with van der Waals surface area (Å²) >= 11 is 3.39. The van der Waals surface area contributed by atoms with Gasteiger partial charge in [-0.3, -0.25) is 0 Å². The normalized spacial score (nSPS) is 17.4. The molecule has 0 heterocycles. The first kappa shape index (κ1) is 12.9. The minimum absolute atomic E-state index is 0.401. The number of nitrogens with one attached hydrogen (secondary N) is 1. The highest BCUT2D eigenvalue weighted by molar-refractivity contribution is 9.11. The van der Waals surface area contributed by atoms with Gasteiger partial charge in [-0.25, -0.2) is 0 Å². The second-order valence-electron chi connectivity index (χ2n) is 3.84.